The van der Waals surface area contributed by atoms with Crippen molar-refractivity contribution in [3.05, 3.63) is 35.7 Å². The Hall–Kier alpha value is -1.72. The minimum Gasteiger partial charge on any atom is -0.373 e. The van der Waals surface area contributed by atoms with Crippen LogP contribution in [0.5, 0.6) is 0 Å². The van der Waals surface area contributed by atoms with Crippen LogP contribution in [0, 0.1) is 6.92 Å². The third-order valence-corrected chi connectivity index (χ3v) is 3.60. The molecule has 1 saturated heterocycles. The van der Waals surface area contributed by atoms with Gasteiger partial charge in [-0.3, -0.25) is 4.90 Å². The van der Waals surface area contributed by atoms with Gasteiger partial charge < -0.3 is 9.26 Å². The van der Waals surface area contributed by atoms with Gasteiger partial charge in [-0.2, -0.15) is 4.98 Å². The van der Waals surface area contributed by atoms with Crippen molar-refractivity contribution in [1.29, 1.82) is 0 Å². The number of nitrogens with zero attached hydrogens (tertiary/aromatic N) is 3. The fourth-order valence-corrected chi connectivity index (χ4v) is 2.83. The van der Waals surface area contributed by atoms with Gasteiger partial charge in [0.05, 0.1) is 18.8 Å². The first-order chi connectivity index (χ1) is 10.1. The molecule has 1 fully saturated rings. The Bertz CT molecular complexity index is 601. The van der Waals surface area contributed by atoms with Crippen LogP contribution in [0.1, 0.15) is 25.3 Å². The first kappa shape index (κ1) is 14.2. The first-order valence-corrected chi connectivity index (χ1v) is 7.37. The molecule has 1 aromatic heterocycles. The van der Waals surface area contributed by atoms with E-state index in [2.05, 4.69) is 47.9 Å². The van der Waals surface area contributed by atoms with Gasteiger partial charge in [0.1, 0.15) is 0 Å². The van der Waals surface area contributed by atoms with Gasteiger partial charge in [-0.05, 0) is 26.8 Å². The summed E-state index contributed by atoms with van der Waals surface area (Å²) in [5, 5.41) is 4.09. The molecular formula is C16H21N3O2. The molecule has 2 heterocycles. The number of aromatic nitrogens is 2. The summed E-state index contributed by atoms with van der Waals surface area (Å²) < 4.78 is 11.1. The third kappa shape index (κ3) is 3.49. The standard InChI is InChI=1S/C16H21N3O2/c1-11-5-4-6-14(7-11)16-17-15(21-18-16)10-19-8-12(2)20-13(3)9-19/h4-7,12-13H,8-10H2,1-3H3/t12-,13-/m1/s1. The Morgan fingerprint density at radius 3 is 2.71 bits per heavy atom. The van der Waals surface area contributed by atoms with Crippen molar-refractivity contribution in [2.24, 2.45) is 0 Å². The molecule has 0 unspecified atom stereocenters. The zero-order chi connectivity index (χ0) is 14.8. The monoisotopic (exact) mass is 287 g/mol. The molecule has 2 aromatic rings. The molecule has 0 radical (unpaired) electrons. The van der Waals surface area contributed by atoms with E-state index in [1.54, 1.807) is 0 Å². The van der Waals surface area contributed by atoms with Crippen LogP contribution in [0.3, 0.4) is 0 Å². The molecule has 3 rings (SSSR count). The Balaban J connectivity index is 1.70. The van der Waals surface area contributed by atoms with Crippen molar-refractivity contribution in [1.82, 2.24) is 15.0 Å². The summed E-state index contributed by atoms with van der Waals surface area (Å²) in [6.07, 6.45) is 0.487. The fourth-order valence-electron chi connectivity index (χ4n) is 2.83. The Kier molecular flexibility index (Phi) is 4.03. The Labute approximate surface area is 124 Å². The van der Waals surface area contributed by atoms with Crippen LogP contribution in [-0.2, 0) is 11.3 Å². The van der Waals surface area contributed by atoms with Gasteiger partial charge in [0.15, 0.2) is 0 Å². The molecular weight excluding hydrogens is 266 g/mol. The lowest BCUT2D eigenvalue weighted by Crippen LogP contribution is -2.44. The highest BCUT2D eigenvalue weighted by Crippen LogP contribution is 2.18. The van der Waals surface area contributed by atoms with Crippen LogP contribution in [0.15, 0.2) is 28.8 Å². The van der Waals surface area contributed by atoms with Crippen molar-refractivity contribution < 1.29 is 9.26 Å². The summed E-state index contributed by atoms with van der Waals surface area (Å²) >= 11 is 0. The van der Waals surface area contributed by atoms with E-state index >= 15 is 0 Å². The molecule has 5 nitrogen and oxygen atoms in total. The fraction of sp³-hybridized carbons (Fsp3) is 0.500. The second-order valence-corrected chi connectivity index (χ2v) is 5.83. The van der Waals surface area contributed by atoms with E-state index in [4.69, 9.17) is 9.26 Å². The maximum atomic E-state index is 5.73. The second kappa shape index (κ2) is 5.95. The second-order valence-electron chi connectivity index (χ2n) is 5.83. The average Bonchev–Trinajstić information content (AvgIpc) is 2.86. The van der Waals surface area contributed by atoms with E-state index in [0.29, 0.717) is 18.3 Å². The zero-order valence-corrected chi connectivity index (χ0v) is 12.7. The van der Waals surface area contributed by atoms with Crippen molar-refractivity contribution in [2.45, 2.75) is 39.5 Å². The number of morpholine rings is 1. The largest absolute Gasteiger partial charge is 0.373 e. The van der Waals surface area contributed by atoms with Gasteiger partial charge in [-0.15, -0.1) is 0 Å². The highest BCUT2D eigenvalue weighted by molar-refractivity contribution is 5.55. The van der Waals surface area contributed by atoms with Gasteiger partial charge in [0.25, 0.3) is 0 Å². The van der Waals surface area contributed by atoms with E-state index in [0.717, 1.165) is 18.7 Å². The van der Waals surface area contributed by atoms with E-state index in [-0.39, 0.29) is 12.2 Å². The van der Waals surface area contributed by atoms with Crippen LogP contribution in [-0.4, -0.2) is 40.3 Å². The summed E-state index contributed by atoms with van der Waals surface area (Å²) in [6, 6.07) is 8.13. The van der Waals surface area contributed by atoms with Crippen LogP contribution < -0.4 is 0 Å². The number of aryl methyl sites for hydroxylation is 1. The zero-order valence-electron chi connectivity index (χ0n) is 12.7. The summed E-state index contributed by atoms with van der Waals surface area (Å²) in [6.45, 7) is 8.71. The molecule has 5 heteroatoms. The summed E-state index contributed by atoms with van der Waals surface area (Å²) in [5.41, 5.74) is 2.18. The van der Waals surface area contributed by atoms with E-state index in [1.165, 1.54) is 5.56 Å². The molecule has 2 atom stereocenters. The lowest BCUT2D eigenvalue weighted by Gasteiger charge is -2.34. The number of hydrogen-bond acceptors (Lipinski definition) is 5. The third-order valence-electron chi connectivity index (χ3n) is 3.60. The van der Waals surface area contributed by atoms with E-state index < -0.39 is 0 Å². The van der Waals surface area contributed by atoms with Crippen molar-refractivity contribution in [2.75, 3.05) is 13.1 Å². The Morgan fingerprint density at radius 1 is 1.24 bits per heavy atom. The molecule has 21 heavy (non-hydrogen) atoms. The van der Waals surface area contributed by atoms with Crippen LogP contribution in [0.25, 0.3) is 11.4 Å². The van der Waals surface area contributed by atoms with Crippen LogP contribution in [0.4, 0.5) is 0 Å². The topological polar surface area (TPSA) is 51.4 Å². The van der Waals surface area contributed by atoms with Crippen molar-refractivity contribution in [3.63, 3.8) is 0 Å². The smallest absolute Gasteiger partial charge is 0.241 e. The molecule has 0 aliphatic carbocycles. The lowest BCUT2D eigenvalue weighted by molar-refractivity contribution is -0.0725. The normalized spacial score (nSPS) is 23.4. The van der Waals surface area contributed by atoms with Gasteiger partial charge in [-0.25, -0.2) is 0 Å². The molecule has 0 spiro atoms. The summed E-state index contributed by atoms with van der Waals surface area (Å²) in [4.78, 5) is 6.80. The average molecular weight is 287 g/mol. The van der Waals surface area contributed by atoms with Crippen molar-refractivity contribution >= 4 is 0 Å². The highest BCUT2D eigenvalue weighted by Gasteiger charge is 2.23. The van der Waals surface area contributed by atoms with Gasteiger partial charge >= 0.3 is 0 Å². The predicted octanol–water partition coefficient (Wildman–Crippen LogP) is 2.65. The number of rotatable bonds is 3. The molecule has 1 aromatic carbocycles. The van der Waals surface area contributed by atoms with Gasteiger partial charge in [0.2, 0.25) is 11.7 Å². The minimum atomic E-state index is 0.243. The summed E-state index contributed by atoms with van der Waals surface area (Å²) in [5.74, 6) is 1.32. The quantitative estimate of drug-likeness (QED) is 0.868. The molecule has 0 bridgehead atoms. The van der Waals surface area contributed by atoms with E-state index in [1.807, 2.05) is 12.1 Å². The number of hydrogen-bond donors (Lipinski definition) is 0. The number of ether oxygens (including phenoxy) is 1. The van der Waals surface area contributed by atoms with Gasteiger partial charge in [-0.1, -0.05) is 28.9 Å². The molecule has 112 valence electrons. The SMILES string of the molecule is Cc1cccc(-c2noc(CN3C[C@@H](C)O[C@H](C)C3)n2)c1. The Morgan fingerprint density at radius 2 is 2.00 bits per heavy atom. The molecule has 0 amide bonds. The van der Waals surface area contributed by atoms with E-state index in [9.17, 15) is 0 Å². The molecule has 1 aliphatic heterocycles. The molecule has 1 aliphatic rings. The molecule has 0 saturated carbocycles. The number of benzene rings is 1. The maximum Gasteiger partial charge on any atom is 0.241 e. The van der Waals surface area contributed by atoms with Gasteiger partial charge in [0, 0.05) is 18.7 Å². The predicted molar refractivity (Wildman–Crippen MR) is 79.8 cm³/mol. The highest BCUT2D eigenvalue weighted by atomic mass is 16.5. The molecule has 0 N–H and O–H groups in total. The maximum absolute atomic E-state index is 5.73. The van der Waals surface area contributed by atoms with Crippen molar-refractivity contribution in [3.8, 4) is 11.4 Å². The van der Waals surface area contributed by atoms with Crippen LogP contribution >= 0.6 is 0 Å². The lowest BCUT2D eigenvalue weighted by atomic mass is 10.1. The van der Waals surface area contributed by atoms with Crippen LogP contribution in [0.2, 0.25) is 0 Å². The first-order valence-electron chi connectivity index (χ1n) is 7.37. The summed E-state index contributed by atoms with van der Waals surface area (Å²) in [7, 11) is 0. The minimum absolute atomic E-state index is 0.243.